The Bertz CT molecular complexity index is 863. The van der Waals surface area contributed by atoms with Gasteiger partial charge in [-0.3, -0.25) is 9.59 Å². The molecule has 1 saturated carbocycles. The van der Waals surface area contributed by atoms with Crippen LogP contribution in [0.2, 0.25) is 0 Å². The van der Waals surface area contributed by atoms with E-state index in [0.29, 0.717) is 31.1 Å². The predicted molar refractivity (Wildman–Crippen MR) is 118 cm³/mol. The van der Waals surface area contributed by atoms with Crippen LogP contribution >= 0.6 is 0 Å². The van der Waals surface area contributed by atoms with E-state index in [0.717, 1.165) is 18.4 Å². The number of hydrogen-bond acceptors (Lipinski definition) is 4. The lowest BCUT2D eigenvalue weighted by molar-refractivity contribution is -0.134. The van der Waals surface area contributed by atoms with Gasteiger partial charge in [-0.1, -0.05) is 44.2 Å². The summed E-state index contributed by atoms with van der Waals surface area (Å²) in [6, 6.07) is 16.8. The van der Waals surface area contributed by atoms with E-state index >= 15 is 0 Å². The first kappa shape index (κ1) is 21.8. The number of para-hydroxylation sites is 1. The Hall–Kier alpha value is -2.86. The first-order valence-corrected chi connectivity index (χ1v) is 10.4. The van der Waals surface area contributed by atoms with Crippen LogP contribution in [0.4, 0.5) is 5.69 Å². The lowest BCUT2D eigenvalue weighted by atomic mass is 9.92. The average molecular weight is 410 g/mol. The van der Waals surface area contributed by atoms with E-state index in [1.165, 1.54) is 0 Å². The van der Waals surface area contributed by atoms with Gasteiger partial charge in [-0.05, 0) is 54.6 Å². The van der Waals surface area contributed by atoms with Gasteiger partial charge < -0.3 is 20.7 Å². The molecule has 3 N–H and O–H groups in total. The summed E-state index contributed by atoms with van der Waals surface area (Å²) in [6.45, 7) is 5.71. The number of carbonyl (C=O) groups is 2. The number of nitrogens with one attached hydrogen (secondary N) is 1. The van der Waals surface area contributed by atoms with E-state index in [1.54, 1.807) is 0 Å². The molecule has 3 rings (SSSR count). The maximum Gasteiger partial charge on any atom is 0.262 e. The molecule has 6 heteroatoms. The number of hydrogen-bond donors (Lipinski definition) is 2. The minimum atomic E-state index is -0.230. The maximum absolute atomic E-state index is 12.8. The normalized spacial score (nSPS) is 13.6. The van der Waals surface area contributed by atoms with Gasteiger partial charge in [0.05, 0.1) is 0 Å². The van der Waals surface area contributed by atoms with Gasteiger partial charge in [-0.2, -0.15) is 0 Å². The molecule has 6 nitrogen and oxygen atoms in total. The number of ether oxygens (including phenoxy) is 1. The fraction of sp³-hybridized carbons (Fsp3) is 0.417. The van der Waals surface area contributed by atoms with E-state index in [1.807, 2.05) is 59.5 Å². The summed E-state index contributed by atoms with van der Waals surface area (Å²) in [5, 5.41) is 2.86. The summed E-state index contributed by atoms with van der Waals surface area (Å²) < 4.78 is 5.49. The van der Waals surface area contributed by atoms with Crippen LogP contribution in [-0.4, -0.2) is 36.4 Å². The van der Waals surface area contributed by atoms with Crippen molar-refractivity contribution in [1.82, 2.24) is 4.90 Å². The number of benzene rings is 2. The van der Waals surface area contributed by atoms with Crippen molar-refractivity contribution < 1.29 is 14.3 Å². The van der Waals surface area contributed by atoms with E-state index < -0.39 is 0 Å². The highest BCUT2D eigenvalue weighted by Gasteiger charge is 2.35. The van der Waals surface area contributed by atoms with Crippen molar-refractivity contribution in [2.45, 2.75) is 33.2 Å². The largest absolute Gasteiger partial charge is 0.484 e. The van der Waals surface area contributed by atoms with Gasteiger partial charge in [0.1, 0.15) is 5.75 Å². The summed E-state index contributed by atoms with van der Waals surface area (Å²) >= 11 is 0. The number of amides is 2. The summed E-state index contributed by atoms with van der Waals surface area (Å²) in [7, 11) is 0. The zero-order valence-electron chi connectivity index (χ0n) is 17.8. The zero-order chi connectivity index (χ0) is 21.6. The third-order valence-electron chi connectivity index (χ3n) is 5.11. The van der Waals surface area contributed by atoms with Gasteiger partial charge in [-0.25, -0.2) is 0 Å². The summed E-state index contributed by atoms with van der Waals surface area (Å²) in [5.74, 6) is 0.767. The van der Waals surface area contributed by atoms with Crippen molar-refractivity contribution in [1.29, 1.82) is 0 Å². The molecule has 1 fully saturated rings. The first-order chi connectivity index (χ1) is 14.4. The minimum absolute atomic E-state index is 0.0643. The molecule has 0 unspecified atom stereocenters. The molecule has 0 atom stereocenters. The molecule has 0 saturated heterocycles. The van der Waals surface area contributed by atoms with E-state index in [9.17, 15) is 9.59 Å². The van der Waals surface area contributed by atoms with Crippen LogP contribution in [0.3, 0.4) is 0 Å². The molecule has 2 amide bonds. The van der Waals surface area contributed by atoms with E-state index in [2.05, 4.69) is 19.2 Å². The molecule has 2 aromatic rings. The van der Waals surface area contributed by atoms with Crippen molar-refractivity contribution in [2.75, 3.05) is 25.0 Å². The number of rotatable bonds is 10. The van der Waals surface area contributed by atoms with E-state index in [4.69, 9.17) is 10.5 Å². The van der Waals surface area contributed by atoms with Gasteiger partial charge in [-0.15, -0.1) is 0 Å². The van der Waals surface area contributed by atoms with Crippen LogP contribution in [0.1, 0.15) is 32.3 Å². The molecule has 1 aliphatic rings. The highest BCUT2D eigenvalue weighted by molar-refractivity contribution is 5.92. The molecule has 0 aliphatic heterocycles. The average Bonchev–Trinajstić information content (AvgIpc) is 3.57. The summed E-state index contributed by atoms with van der Waals surface area (Å²) in [6.07, 6.45) is 1.94. The van der Waals surface area contributed by atoms with Crippen molar-refractivity contribution in [3.05, 3.63) is 60.2 Å². The molecule has 2 aromatic carbocycles. The number of anilines is 1. The van der Waals surface area contributed by atoms with Crippen LogP contribution in [0.25, 0.3) is 0 Å². The van der Waals surface area contributed by atoms with E-state index in [-0.39, 0.29) is 29.8 Å². The highest BCUT2D eigenvalue weighted by Crippen LogP contribution is 2.32. The molecule has 0 spiro atoms. The maximum atomic E-state index is 12.8. The van der Waals surface area contributed by atoms with Crippen LogP contribution in [0.15, 0.2) is 54.6 Å². The molecule has 160 valence electrons. The third kappa shape index (κ3) is 6.59. The fourth-order valence-corrected chi connectivity index (χ4v) is 3.21. The SMILES string of the molecule is CC(C)(CN)CN(Cc1cccc(NC(=O)COc2ccccc2)c1)C(=O)C1CC1. The van der Waals surface area contributed by atoms with Crippen LogP contribution in [0.5, 0.6) is 5.75 Å². The Labute approximate surface area is 178 Å². The van der Waals surface area contributed by atoms with Gasteiger partial charge in [0.25, 0.3) is 5.91 Å². The standard InChI is InChI=1S/C24H31N3O3/c1-24(2,16-25)17-27(23(29)19-11-12-19)14-18-7-6-8-20(13-18)26-22(28)15-30-21-9-4-3-5-10-21/h3-10,13,19H,11-12,14-17,25H2,1-2H3,(H,26,28). The lowest BCUT2D eigenvalue weighted by Crippen LogP contribution is -2.42. The molecule has 0 heterocycles. The molecule has 0 bridgehead atoms. The Kier molecular flexibility index (Phi) is 7.11. The highest BCUT2D eigenvalue weighted by atomic mass is 16.5. The molecular formula is C24H31N3O3. The van der Waals surface area contributed by atoms with Gasteiger partial charge in [0.15, 0.2) is 6.61 Å². The zero-order valence-corrected chi connectivity index (χ0v) is 17.8. The second kappa shape index (κ2) is 9.76. The monoisotopic (exact) mass is 409 g/mol. The topological polar surface area (TPSA) is 84.7 Å². The Morgan fingerprint density at radius 1 is 1.13 bits per heavy atom. The van der Waals surface area contributed by atoms with Crippen molar-refractivity contribution in [2.24, 2.45) is 17.1 Å². The van der Waals surface area contributed by atoms with Gasteiger partial charge in [0, 0.05) is 24.7 Å². The van der Waals surface area contributed by atoms with Crippen LogP contribution < -0.4 is 15.8 Å². The quantitative estimate of drug-likeness (QED) is 0.630. The number of nitrogens with zero attached hydrogens (tertiary/aromatic N) is 1. The Balaban J connectivity index is 1.61. The lowest BCUT2D eigenvalue weighted by Gasteiger charge is -2.32. The summed E-state index contributed by atoms with van der Waals surface area (Å²) in [4.78, 5) is 26.9. The molecule has 0 aromatic heterocycles. The smallest absolute Gasteiger partial charge is 0.262 e. The Morgan fingerprint density at radius 2 is 1.87 bits per heavy atom. The molecule has 0 radical (unpaired) electrons. The number of carbonyl (C=O) groups excluding carboxylic acids is 2. The molecule has 30 heavy (non-hydrogen) atoms. The molecule has 1 aliphatic carbocycles. The second-order valence-corrected chi connectivity index (χ2v) is 8.69. The Morgan fingerprint density at radius 3 is 2.53 bits per heavy atom. The van der Waals surface area contributed by atoms with Crippen LogP contribution in [0, 0.1) is 11.3 Å². The van der Waals surface area contributed by atoms with Gasteiger partial charge in [0.2, 0.25) is 5.91 Å². The molecular weight excluding hydrogens is 378 g/mol. The predicted octanol–water partition coefficient (Wildman–Crippen LogP) is 3.43. The van der Waals surface area contributed by atoms with Crippen LogP contribution in [-0.2, 0) is 16.1 Å². The summed E-state index contributed by atoms with van der Waals surface area (Å²) in [5.41, 5.74) is 7.40. The van der Waals surface area contributed by atoms with Crippen molar-refractivity contribution >= 4 is 17.5 Å². The van der Waals surface area contributed by atoms with Crippen molar-refractivity contribution in [3.8, 4) is 5.75 Å². The minimum Gasteiger partial charge on any atom is -0.484 e. The fourth-order valence-electron chi connectivity index (χ4n) is 3.21. The first-order valence-electron chi connectivity index (χ1n) is 10.4. The van der Waals surface area contributed by atoms with Crippen molar-refractivity contribution in [3.63, 3.8) is 0 Å². The number of nitrogens with two attached hydrogens (primary N) is 1. The second-order valence-electron chi connectivity index (χ2n) is 8.69. The van der Waals surface area contributed by atoms with Gasteiger partial charge >= 0.3 is 0 Å². The third-order valence-corrected chi connectivity index (χ3v) is 5.11.